The second kappa shape index (κ2) is 13.1. The standard InChI is InChI=1S/C35H31N3/c1-5-14-28(15-6-1)24-34(30-18-9-3-10-19-30)36-26-32-22-13-23-33(38-32)27-37-35(31-20-11-4-12-21-31)25-29-16-7-2-8-17-29/h1-23,26-27,34-35H,24-25H2/b36-26+,37-27+/t34-,35-/m1/s1. The minimum Gasteiger partial charge on any atom is -0.283 e. The number of pyridine rings is 1. The molecule has 0 unspecified atom stereocenters. The molecular formula is C35H31N3. The molecule has 1 heterocycles. The monoisotopic (exact) mass is 493 g/mol. The van der Waals surface area contributed by atoms with Gasteiger partial charge in [-0.2, -0.15) is 0 Å². The van der Waals surface area contributed by atoms with Gasteiger partial charge in [0.25, 0.3) is 0 Å². The molecular weight excluding hydrogens is 462 g/mol. The Balaban J connectivity index is 1.36. The molecule has 4 aromatic carbocycles. The van der Waals surface area contributed by atoms with Gasteiger partial charge in [-0.3, -0.25) is 9.98 Å². The van der Waals surface area contributed by atoms with Crippen molar-refractivity contribution < 1.29 is 0 Å². The lowest BCUT2D eigenvalue weighted by Gasteiger charge is -2.13. The molecule has 0 saturated carbocycles. The Hall–Kier alpha value is -4.63. The number of hydrogen-bond donors (Lipinski definition) is 0. The third-order valence-corrected chi connectivity index (χ3v) is 6.48. The highest BCUT2D eigenvalue weighted by molar-refractivity contribution is 5.82. The fraction of sp³-hybridized carbons (Fsp3) is 0.114. The van der Waals surface area contributed by atoms with E-state index in [1.54, 1.807) is 0 Å². The summed E-state index contributed by atoms with van der Waals surface area (Å²) < 4.78 is 0. The van der Waals surface area contributed by atoms with Crippen molar-refractivity contribution in [3.8, 4) is 0 Å². The van der Waals surface area contributed by atoms with Crippen molar-refractivity contribution in [1.82, 2.24) is 4.98 Å². The number of benzene rings is 4. The average Bonchev–Trinajstić information content (AvgIpc) is 2.99. The maximum Gasteiger partial charge on any atom is 0.0816 e. The predicted octanol–water partition coefficient (Wildman–Crippen LogP) is 7.89. The number of hydrogen-bond acceptors (Lipinski definition) is 3. The van der Waals surface area contributed by atoms with Crippen LogP contribution in [-0.2, 0) is 12.8 Å². The number of nitrogens with zero attached hydrogens (tertiary/aromatic N) is 3. The molecule has 0 N–H and O–H groups in total. The van der Waals surface area contributed by atoms with E-state index >= 15 is 0 Å². The van der Waals surface area contributed by atoms with Crippen molar-refractivity contribution in [2.75, 3.05) is 0 Å². The Morgan fingerprint density at radius 1 is 0.447 bits per heavy atom. The van der Waals surface area contributed by atoms with Gasteiger partial charge in [0, 0.05) is 12.4 Å². The van der Waals surface area contributed by atoms with Gasteiger partial charge in [0.2, 0.25) is 0 Å². The Kier molecular flexibility index (Phi) is 8.61. The van der Waals surface area contributed by atoms with Gasteiger partial charge in [0.1, 0.15) is 0 Å². The molecule has 0 saturated heterocycles. The molecule has 3 heteroatoms. The van der Waals surface area contributed by atoms with Gasteiger partial charge >= 0.3 is 0 Å². The summed E-state index contributed by atoms with van der Waals surface area (Å²) in [5.41, 5.74) is 6.55. The summed E-state index contributed by atoms with van der Waals surface area (Å²) >= 11 is 0. The first kappa shape index (κ1) is 25.0. The molecule has 0 aliphatic heterocycles. The molecule has 0 radical (unpaired) electrons. The predicted molar refractivity (Wildman–Crippen MR) is 158 cm³/mol. The van der Waals surface area contributed by atoms with Crippen LogP contribution in [0.5, 0.6) is 0 Å². The lowest BCUT2D eigenvalue weighted by atomic mass is 9.99. The quantitative estimate of drug-likeness (QED) is 0.182. The van der Waals surface area contributed by atoms with Gasteiger partial charge in [-0.25, -0.2) is 4.98 Å². The van der Waals surface area contributed by atoms with E-state index < -0.39 is 0 Å². The molecule has 0 fully saturated rings. The van der Waals surface area contributed by atoms with E-state index in [2.05, 4.69) is 97.1 Å². The van der Waals surface area contributed by atoms with E-state index in [1.807, 2.05) is 54.9 Å². The van der Waals surface area contributed by atoms with E-state index in [0.29, 0.717) is 0 Å². The zero-order valence-electron chi connectivity index (χ0n) is 21.3. The van der Waals surface area contributed by atoms with Crippen LogP contribution in [0.2, 0.25) is 0 Å². The van der Waals surface area contributed by atoms with Crippen LogP contribution in [0.4, 0.5) is 0 Å². The lowest BCUT2D eigenvalue weighted by Crippen LogP contribution is -2.03. The zero-order valence-corrected chi connectivity index (χ0v) is 21.3. The van der Waals surface area contributed by atoms with Gasteiger partial charge in [-0.05, 0) is 47.2 Å². The molecule has 3 nitrogen and oxygen atoms in total. The fourth-order valence-electron chi connectivity index (χ4n) is 4.48. The topological polar surface area (TPSA) is 37.6 Å². The van der Waals surface area contributed by atoms with Crippen LogP contribution in [0.1, 0.15) is 45.7 Å². The molecule has 0 aliphatic rings. The summed E-state index contributed by atoms with van der Waals surface area (Å²) in [7, 11) is 0. The molecule has 1 aromatic heterocycles. The Labute approximate surface area is 225 Å². The van der Waals surface area contributed by atoms with Crippen molar-refractivity contribution in [3.05, 3.63) is 173 Å². The van der Waals surface area contributed by atoms with Gasteiger partial charge in [-0.15, -0.1) is 0 Å². The summed E-state index contributed by atoms with van der Waals surface area (Å²) in [6, 6.07) is 47.9. The van der Waals surface area contributed by atoms with Gasteiger partial charge in [-0.1, -0.05) is 127 Å². The second-order valence-corrected chi connectivity index (χ2v) is 9.28. The van der Waals surface area contributed by atoms with E-state index in [9.17, 15) is 0 Å². The third-order valence-electron chi connectivity index (χ3n) is 6.48. The van der Waals surface area contributed by atoms with Gasteiger partial charge < -0.3 is 0 Å². The molecule has 0 bridgehead atoms. The summed E-state index contributed by atoms with van der Waals surface area (Å²) in [4.78, 5) is 14.8. The van der Waals surface area contributed by atoms with Gasteiger partial charge in [0.15, 0.2) is 0 Å². The van der Waals surface area contributed by atoms with Crippen molar-refractivity contribution in [1.29, 1.82) is 0 Å². The van der Waals surface area contributed by atoms with Crippen LogP contribution < -0.4 is 0 Å². The summed E-state index contributed by atoms with van der Waals surface area (Å²) in [5, 5.41) is 0. The van der Waals surface area contributed by atoms with Crippen LogP contribution in [0, 0.1) is 0 Å². The maximum absolute atomic E-state index is 4.97. The smallest absolute Gasteiger partial charge is 0.0816 e. The highest BCUT2D eigenvalue weighted by Gasteiger charge is 2.11. The van der Waals surface area contributed by atoms with Crippen molar-refractivity contribution in [3.63, 3.8) is 0 Å². The minimum atomic E-state index is 0.0195. The van der Waals surface area contributed by atoms with Crippen LogP contribution in [0.15, 0.2) is 150 Å². The second-order valence-electron chi connectivity index (χ2n) is 9.28. The number of rotatable bonds is 10. The first-order valence-electron chi connectivity index (χ1n) is 13.0. The lowest BCUT2D eigenvalue weighted by molar-refractivity contribution is 0.727. The van der Waals surface area contributed by atoms with Gasteiger partial charge in [0.05, 0.1) is 23.5 Å². The highest BCUT2D eigenvalue weighted by atomic mass is 14.8. The summed E-state index contributed by atoms with van der Waals surface area (Å²) in [6.45, 7) is 0. The molecule has 0 aliphatic carbocycles. The van der Waals surface area contributed by atoms with Crippen LogP contribution in [-0.4, -0.2) is 17.4 Å². The zero-order chi connectivity index (χ0) is 25.8. The SMILES string of the molecule is C(=N\[C@H](Cc1ccccc1)c1ccccc1)/c1cccc(/C=N/[C@H](Cc2ccccc2)c2ccccc2)n1. The Morgan fingerprint density at radius 2 is 0.816 bits per heavy atom. The largest absolute Gasteiger partial charge is 0.283 e. The maximum atomic E-state index is 4.97. The van der Waals surface area contributed by atoms with Crippen LogP contribution in [0.3, 0.4) is 0 Å². The first-order valence-corrected chi connectivity index (χ1v) is 13.0. The molecule has 2 atom stereocenters. The molecule has 38 heavy (non-hydrogen) atoms. The van der Waals surface area contributed by atoms with Crippen LogP contribution in [0.25, 0.3) is 0 Å². The Bertz CT molecular complexity index is 1340. The van der Waals surface area contributed by atoms with Crippen molar-refractivity contribution >= 4 is 12.4 Å². The molecule has 0 spiro atoms. The van der Waals surface area contributed by atoms with Crippen molar-refractivity contribution in [2.45, 2.75) is 24.9 Å². The molecule has 5 rings (SSSR count). The molecule has 0 amide bonds. The van der Waals surface area contributed by atoms with E-state index in [1.165, 1.54) is 22.3 Å². The third kappa shape index (κ3) is 7.21. The van der Waals surface area contributed by atoms with E-state index in [-0.39, 0.29) is 12.1 Å². The highest BCUT2D eigenvalue weighted by Crippen LogP contribution is 2.23. The first-order chi connectivity index (χ1) is 18.8. The molecule has 5 aromatic rings. The fourth-order valence-corrected chi connectivity index (χ4v) is 4.48. The minimum absolute atomic E-state index is 0.0195. The number of aromatic nitrogens is 1. The average molecular weight is 494 g/mol. The van der Waals surface area contributed by atoms with E-state index in [0.717, 1.165) is 24.2 Å². The normalized spacial score (nSPS) is 13.1. The summed E-state index contributed by atoms with van der Waals surface area (Å²) in [6.07, 6.45) is 5.44. The Morgan fingerprint density at radius 3 is 1.21 bits per heavy atom. The van der Waals surface area contributed by atoms with E-state index in [4.69, 9.17) is 15.0 Å². The molecule has 186 valence electrons. The van der Waals surface area contributed by atoms with Crippen molar-refractivity contribution in [2.24, 2.45) is 9.98 Å². The number of aliphatic imine (C=N–C) groups is 2. The van der Waals surface area contributed by atoms with Crippen LogP contribution >= 0.6 is 0 Å². The summed E-state index contributed by atoms with van der Waals surface area (Å²) in [5.74, 6) is 0.